The van der Waals surface area contributed by atoms with Gasteiger partial charge in [0.1, 0.15) is 0 Å². The molecule has 0 aliphatic carbocycles. The Balaban J connectivity index is 3.55. The number of thioether (sulfide) groups is 1. The van der Waals surface area contributed by atoms with Crippen LogP contribution in [0.2, 0.25) is 6.04 Å². The van der Waals surface area contributed by atoms with Gasteiger partial charge in [-0.05, 0) is 6.42 Å². The summed E-state index contributed by atoms with van der Waals surface area (Å²) < 4.78 is 11.3. The fraction of sp³-hybridized carbons (Fsp3) is 0.778. The molecule has 0 saturated heterocycles. The summed E-state index contributed by atoms with van der Waals surface area (Å²) in [4.78, 5) is 24.2. The van der Waals surface area contributed by atoms with Gasteiger partial charge in [0.15, 0.2) is 5.12 Å². The number of rotatable bonds is 7. The van der Waals surface area contributed by atoms with E-state index in [9.17, 15) is 14.1 Å². The highest BCUT2D eigenvalue weighted by atomic mass is 32.2. The van der Waals surface area contributed by atoms with Crippen molar-refractivity contribution in [1.82, 2.24) is 4.98 Å². The summed E-state index contributed by atoms with van der Waals surface area (Å²) in [5.74, 6) is 0.244. The van der Waals surface area contributed by atoms with E-state index >= 15 is 0 Å². The molecule has 0 rings (SSSR count). The highest BCUT2D eigenvalue weighted by Crippen LogP contribution is 2.02. The molecule has 0 spiro atoms. The fourth-order valence-corrected chi connectivity index (χ4v) is 2.72. The molecule has 0 bridgehead atoms. The standard InChI is InChI=1S/C9H17NO3SSi/c1-3-4-7-15(13)10-9(12)5-6-14-8(2)11/h3-7H2,1-2H3,(H,10,12). The zero-order valence-electron chi connectivity index (χ0n) is 9.17. The van der Waals surface area contributed by atoms with Crippen molar-refractivity contribution in [1.29, 1.82) is 0 Å². The van der Waals surface area contributed by atoms with Gasteiger partial charge in [-0.2, -0.15) is 0 Å². The normalized spacial score (nSPS) is 9.73. The molecular formula is C9H17NO3SSi. The summed E-state index contributed by atoms with van der Waals surface area (Å²) >= 11 is 1.11. The molecule has 4 nitrogen and oxygen atoms in total. The van der Waals surface area contributed by atoms with Crippen molar-refractivity contribution in [3.05, 3.63) is 0 Å². The zero-order valence-corrected chi connectivity index (χ0v) is 11.0. The molecule has 0 aliphatic rings. The monoisotopic (exact) mass is 247 g/mol. The van der Waals surface area contributed by atoms with Crippen LogP contribution in [0.25, 0.3) is 0 Å². The molecule has 0 aliphatic heterocycles. The van der Waals surface area contributed by atoms with Gasteiger partial charge < -0.3 is 9.44 Å². The summed E-state index contributed by atoms with van der Waals surface area (Å²) in [6, 6.07) is 0.576. The topological polar surface area (TPSA) is 63.2 Å². The number of carbonyl (C=O) groups excluding carboxylic acids is 2. The second-order valence-electron chi connectivity index (χ2n) is 3.16. The van der Waals surface area contributed by atoms with Gasteiger partial charge in [-0.1, -0.05) is 25.1 Å². The first-order valence-electron chi connectivity index (χ1n) is 5.02. The quantitative estimate of drug-likeness (QED) is 0.692. The Morgan fingerprint density at radius 2 is 2.07 bits per heavy atom. The maximum absolute atomic E-state index is 11.3. The van der Waals surface area contributed by atoms with Crippen LogP contribution < -0.4 is 4.98 Å². The van der Waals surface area contributed by atoms with Gasteiger partial charge in [0.05, 0.1) is 0 Å². The zero-order chi connectivity index (χ0) is 11.7. The minimum atomic E-state index is -1.95. The predicted octanol–water partition coefficient (Wildman–Crippen LogP) is 1.49. The maximum Gasteiger partial charge on any atom is 0.398 e. The van der Waals surface area contributed by atoms with E-state index in [0.29, 0.717) is 11.8 Å². The lowest BCUT2D eigenvalue weighted by Gasteiger charge is -2.01. The lowest BCUT2D eigenvalue weighted by atomic mass is 10.4. The lowest BCUT2D eigenvalue weighted by Crippen LogP contribution is -2.32. The lowest BCUT2D eigenvalue weighted by molar-refractivity contribution is -0.119. The molecule has 0 aromatic rings. The third-order valence-electron chi connectivity index (χ3n) is 1.67. The molecule has 0 saturated carbocycles. The van der Waals surface area contributed by atoms with Crippen molar-refractivity contribution in [2.24, 2.45) is 0 Å². The third kappa shape index (κ3) is 9.80. The van der Waals surface area contributed by atoms with Gasteiger partial charge in [0, 0.05) is 25.1 Å². The largest absolute Gasteiger partial charge is 0.398 e. The van der Waals surface area contributed by atoms with E-state index in [2.05, 4.69) is 4.98 Å². The van der Waals surface area contributed by atoms with Gasteiger partial charge in [-0.15, -0.1) is 0 Å². The van der Waals surface area contributed by atoms with Crippen molar-refractivity contribution >= 4 is 31.6 Å². The first-order valence-corrected chi connectivity index (χ1v) is 7.62. The summed E-state index contributed by atoms with van der Waals surface area (Å²) in [6.45, 7) is 3.48. The van der Waals surface area contributed by atoms with Crippen LogP contribution in [0.15, 0.2) is 0 Å². The van der Waals surface area contributed by atoms with Crippen LogP contribution in [-0.2, 0) is 14.1 Å². The molecular weight excluding hydrogens is 230 g/mol. The van der Waals surface area contributed by atoms with Crippen molar-refractivity contribution in [3.8, 4) is 0 Å². The average molecular weight is 247 g/mol. The number of hydrogen-bond donors (Lipinski definition) is 1. The molecule has 1 N–H and O–H groups in total. The van der Waals surface area contributed by atoms with E-state index in [4.69, 9.17) is 0 Å². The molecule has 0 fully saturated rings. The molecule has 15 heavy (non-hydrogen) atoms. The second-order valence-corrected chi connectivity index (χ2v) is 6.03. The highest BCUT2D eigenvalue weighted by molar-refractivity contribution is 8.13. The molecule has 0 unspecified atom stereocenters. The SMILES string of the molecule is CCCC[Si](=O)NC(=O)CCSC(C)=O. The summed E-state index contributed by atoms with van der Waals surface area (Å²) in [6.07, 6.45) is 2.11. The van der Waals surface area contributed by atoms with E-state index in [1.54, 1.807) is 0 Å². The summed E-state index contributed by atoms with van der Waals surface area (Å²) in [7, 11) is -1.95. The van der Waals surface area contributed by atoms with Crippen LogP contribution in [0.4, 0.5) is 0 Å². The van der Waals surface area contributed by atoms with Crippen LogP contribution in [0, 0.1) is 0 Å². The van der Waals surface area contributed by atoms with Crippen molar-refractivity contribution < 1.29 is 14.1 Å². The summed E-state index contributed by atoms with van der Waals surface area (Å²) in [5, 5.41) is 0.00133. The van der Waals surface area contributed by atoms with Crippen LogP contribution in [-0.4, -0.2) is 25.6 Å². The molecule has 86 valence electrons. The first kappa shape index (κ1) is 14.5. The summed E-state index contributed by atoms with van der Waals surface area (Å²) in [5.41, 5.74) is 0. The first-order chi connectivity index (χ1) is 7.06. The number of nitrogens with one attached hydrogen (secondary N) is 1. The number of unbranched alkanes of at least 4 members (excludes halogenated alkanes) is 1. The smallest absolute Gasteiger partial charge is 0.359 e. The van der Waals surface area contributed by atoms with E-state index in [1.165, 1.54) is 6.92 Å². The van der Waals surface area contributed by atoms with Crippen molar-refractivity contribution in [3.63, 3.8) is 0 Å². The van der Waals surface area contributed by atoms with Gasteiger partial charge >= 0.3 is 8.84 Å². The molecule has 1 amide bonds. The van der Waals surface area contributed by atoms with E-state index in [-0.39, 0.29) is 17.4 Å². The van der Waals surface area contributed by atoms with Gasteiger partial charge in [0.25, 0.3) is 0 Å². The third-order valence-corrected chi connectivity index (χ3v) is 3.85. The molecule has 6 heteroatoms. The Bertz CT molecular complexity index is 246. The van der Waals surface area contributed by atoms with E-state index in [1.807, 2.05) is 6.92 Å². The Labute approximate surface area is 95.9 Å². The van der Waals surface area contributed by atoms with Gasteiger partial charge in [0.2, 0.25) is 5.91 Å². The number of amides is 1. The number of carbonyl (C=O) groups is 2. The maximum atomic E-state index is 11.3. The second kappa shape index (κ2) is 8.79. The fourth-order valence-electron chi connectivity index (χ4n) is 0.905. The van der Waals surface area contributed by atoms with Crippen LogP contribution in [0.3, 0.4) is 0 Å². The molecule has 0 aromatic heterocycles. The van der Waals surface area contributed by atoms with E-state index < -0.39 is 8.84 Å². The predicted molar refractivity (Wildman–Crippen MR) is 62.1 cm³/mol. The molecule has 0 heterocycles. The highest BCUT2D eigenvalue weighted by Gasteiger charge is 2.09. The Hall–Kier alpha value is -0.493. The van der Waals surface area contributed by atoms with Crippen LogP contribution in [0.1, 0.15) is 33.1 Å². The minimum Gasteiger partial charge on any atom is -0.359 e. The van der Waals surface area contributed by atoms with Crippen LogP contribution in [0.5, 0.6) is 0 Å². The van der Waals surface area contributed by atoms with E-state index in [0.717, 1.165) is 24.6 Å². The minimum absolute atomic E-state index is 0.00133. The number of hydrogen-bond acceptors (Lipinski definition) is 4. The van der Waals surface area contributed by atoms with Crippen LogP contribution >= 0.6 is 11.8 Å². The van der Waals surface area contributed by atoms with Crippen molar-refractivity contribution in [2.45, 2.75) is 39.2 Å². The molecule has 0 atom stereocenters. The van der Waals surface area contributed by atoms with Gasteiger partial charge in [-0.3, -0.25) is 9.59 Å². The average Bonchev–Trinajstić information content (AvgIpc) is 2.14. The molecule has 0 aromatic carbocycles. The molecule has 0 radical (unpaired) electrons. The Morgan fingerprint density at radius 1 is 1.40 bits per heavy atom. The van der Waals surface area contributed by atoms with Gasteiger partial charge in [-0.25, -0.2) is 0 Å². The Morgan fingerprint density at radius 3 is 2.60 bits per heavy atom. The Kier molecular flexibility index (Phi) is 8.50. The van der Waals surface area contributed by atoms with Crippen molar-refractivity contribution in [2.75, 3.05) is 5.75 Å².